The minimum Gasteiger partial charge on any atom is -0.383 e. The summed E-state index contributed by atoms with van der Waals surface area (Å²) < 4.78 is 1.69. The van der Waals surface area contributed by atoms with Crippen molar-refractivity contribution >= 4 is 17.3 Å². The molecule has 2 N–H and O–H groups in total. The summed E-state index contributed by atoms with van der Waals surface area (Å²) >= 11 is 0. The minimum atomic E-state index is -0.507. The van der Waals surface area contributed by atoms with Gasteiger partial charge in [0.2, 0.25) is 0 Å². The lowest BCUT2D eigenvalue weighted by molar-refractivity contribution is -0.383. The zero-order chi connectivity index (χ0) is 15.4. The zero-order valence-electron chi connectivity index (χ0n) is 11.5. The average molecular weight is 290 g/mol. The summed E-state index contributed by atoms with van der Waals surface area (Å²) in [6, 6.07) is 4.14. The lowest BCUT2D eigenvalue weighted by Gasteiger charge is -2.07. The van der Waals surface area contributed by atoms with Crippen LogP contribution in [-0.4, -0.2) is 32.6 Å². The first-order chi connectivity index (χ1) is 10.0. The van der Waals surface area contributed by atoms with Crippen LogP contribution in [0.15, 0.2) is 24.5 Å². The average Bonchev–Trinajstić information content (AvgIpc) is 2.89. The van der Waals surface area contributed by atoms with E-state index in [1.807, 2.05) is 0 Å². The highest BCUT2D eigenvalue weighted by Crippen LogP contribution is 2.24. The lowest BCUT2D eigenvalue weighted by Crippen LogP contribution is -2.24. The van der Waals surface area contributed by atoms with Crippen molar-refractivity contribution in [3.63, 3.8) is 0 Å². The molecule has 0 aliphatic carbocycles. The van der Waals surface area contributed by atoms with E-state index in [0.29, 0.717) is 11.4 Å². The lowest BCUT2D eigenvalue weighted by atomic mass is 10.1. The Morgan fingerprint density at radius 3 is 2.81 bits per heavy atom. The van der Waals surface area contributed by atoms with Gasteiger partial charge in [-0.05, 0) is 12.1 Å². The second-order valence-electron chi connectivity index (χ2n) is 4.28. The standard InChI is InChI=1S/C12H14N6O3/c1-13-9-5-8(3-4-10(9)18(20)21)12(19)14-6-11-16-15-7-17(11)2/h3-5,7,13H,6H2,1-2H3,(H,14,19). The van der Waals surface area contributed by atoms with Crippen LogP contribution < -0.4 is 10.6 Å². The predicted octanol–water partition coefficient (Wildman–Crippen LogP) is 0.695. The zero-order valence-corrected chi connectivity index (χ0v) is 11.5. The third kappa shape index (κ3) is 3.14. The first-order valence-corrected chi connectivity index (χ1v) is 6.10. The molecule has 2 rings (SSSR count). The van der Waals surface area contributed by atoms with E-state index in [2.05, 4.69) is 20.8 Å². The Labute approximate surface area is 120 Å². The number of carbonyl (C=O) groups excluding carboxylic acids is 1. The maximum atomic E-state index is 12.0. The van der Waals surface area contributed by atoms with Crippen LogP contribution in [0.4, 0.5) is 11.4 Å². The van der Waals surface area contributed by atoms with Crippen molar-refractivity contribution in [3.05, 3.63) is 46.0 Å². The SMILES string of the molecule is CNc1cc(C(=O)NCc2nncn2C)ccc1[N+](=O)[O-]. The Kier molecular flexibility index (Phi) is 4.12. The van der Waals surface area contributed by atoms with Crippen molar-refractivity contribution in [3.8, 4) is 0 Å². The molecule has 21 heavy (non-hydrogen) atoms. The van der Waals surface area contributed by atoms with Crippen molar-refractivity contribution in [2.24, 2.45) is 7.05 Å². The molecule has 0 aliphatic rings. The molecular weight excluding hydrogens is 276 g/mol. The number of benzene rings is 1. The van der Waals surface area contributed by atoms with Gasteiger partial charge in [-0.1, -0.05) is 0 Å². The third-order valence-corrected chi connectivity index (χ3v) is 2.94. The molecule has 0 atom stereocenters. The maximum Gasteiger partial charge on any atom is 0.292 e. The Bertz CT molecular complexity index is 681. The normalized spacial score (nSPS) is 10.2. The van der Waals surface area contributed by atoms with Gasteiger partial charge in [-0.2, -0.15) is 0 Å². The van der Waals surface area contributed by atoms with Crippen LogP contribution in [-0.2, 0) is 13.6 Å². The highest BCUT2D eigenvalue weighted by molar-refractivity contribution is 5.95. The van der Waals surface area contributed by atoms with E-state index >= 15 is 0 Å². The number of nitrogens with zero attached hydrogens (tertiary/aromatic N) is 4. The van der Waals surface area contributed by atoms with E-state index in [1.54, 1.807) is 18.7 Å². The molecule has 0 radical (unpaired) electrons. The third-order valence-electron chi connectivity index (χ3n) is 2.94. The fraction of sp³-hybridized carbons (Fsp3) is 0.250. The Morgan fingerprint density at radius 1 is 1.48 bits per heavy atom. The monoisotopic (exact) mass is 290 g/mol. The number of rotatable bonds is 5. The van der Waals surface area contributed by atoms with E-state index < -0.39 is 4.92 Å². The van der Waals surface area contributed by atoms with Gasteiger partial charge in [-0.15, -0.1) is 10.2 Å². The first kappa shape index (κ1) is 14.4. The summed E-state index contributed by atoms with van der Waals surface area (Å²) in [7, 11) is 3.33. The minimum absolute atomic E-state index is 0.0812. The first-order valence-electron chi connectivity index (χ1n) is 6.10. The number of hydrogen-bond acceptors (Lipinski definition) is 6. The van der Waals surface area contributed by atoms with Gasteiger partial charge in [0.05, 0.1) is 11.5 Å². The highest BCUT2D eigenvalue weighted by atomic mass is 16.6. The molecule has 0 aliphatic heterocycles. The molecule has 0 spiro atoms. The van der Waals surface area contributed by atoms with Gasteiger partial charge in [0, 0.05) is 25.7 Å². The van der Waals surface area contributed by atoms with E-state index in [4.69, 9.17) is 0 Å². The van der Waals surface area contributed by atoms with Crippen LogP contribution in [0.5, 0.6) is 0 Å². The van der Waals surface area contributed by atoms with Crippen LogP contribution in [0.3, 0.4) is 0 Å². The van der Waals surface area contributed by atoms with Gasteiger partial charge in [0.25, 0.3) is 11.6 Å². The predicted molar refractivity (Wildman–Crippen MR) is 74.8 cm³/mol. The van der Waals surface area contributed by atoms with Gasteiger partial charge >= 0.3 is 0 Å². The summed E-state index contributed by atoms with van der Waals surface area (Å²) in [6.45, 7) is 0.223. The largest absolute Gasteiger partial charge is 0.383 e. The van der Waals surface area contributed by atoms with Crippen LogP contribution >= 0.6 is 0 Å². The Hall–Kier alpha value is -2.97. The number of aryl methyl sites for hydroxylation is 1. The molecule has 0 saturated carbocycles. The molecule has 2 aromatic rings. The molecule has 1 aromatic carbocycles. The summed E-state index contributed by atoms with van der Waals surface area (Å²) in [5.41, 5.74) is 0.528. The quantitative estimate of drug-likeness (QED) is 0.618. The smallest absolute Gasteiger partial charge is 0.292 e. The van der Waals surface area contributed by atoms with E-state index in [0.717, 1.165) is 0 Å². The summed E-state index contributed by atoms with van der Waals surface area (Å²) in [5.74, 6) is 0.267. The molecule has 1 amide bonds. The molecule has 1 aromatic heterocycles. The van der Waals surface area contributed by atoms with Crippen molar-refractivity contribution < 1.29 is 9.72 Å². The number of anilines is 1. The topological polar surface area (TPSA) is 115 Å². The van der Waals surface area contributed by atoms with Crippen molar-refractivity contribution in [1.29, 1.82) is 0 Å². The maximum absolute atomic E-state index is 12.0. The number of carbonyl (C=O) groups is 1. The van der Waals surface area contributed by atoms with E-state index in [9.17, 15) is 14.9 Å². The number of nitrogens with one attached hydrogen (secondary N) is 2. The van der Waals surface area contributed by atoms with Crippen molar-refractivity contribution in [2.45, 2.75) is 6.54 Å². The summed E-state index contributed by atoms with van der Waals surface area (Å²) in [5, 5.41) is 23.8. The molecule has 0 bridgehead atoms. The van der Waals surface area contributed by atoms with Crippen molar-refractivity contribution in [1.82, 2.24) is 20.1 Å². The van der Waals surface area contributed by atoms with Crippen molar-refractivity contribution in [2.75, 3.05) is 12.4 Å². The Morgan fingerprint density at radius 2 is 2.24 bits per heavy atom. The summed E-state index contributed by atoms with van der Waals surface area (Å²) in [6.07, 6.45) is 1.53. The fourth-order valence-electron chi connectivity index (χ4n) is 1.77. The van der Waals surface area contributed by atoms with Gasteiger partial charge < -0.3 is 15.2 Å². The molecule has 1 heterocycles. The number of nitro benzene ring substituents is 1. The molecule has 110 valence electrons. The van der Waals surface area contributed by atoms with Gasteiger partial charge in [-0.3, -0.25) is 14.9 Å². The molecule has 9 nitrogen and oxygen atoms in total. The molecule has 0 fully saturated rings. The van der Waals surface area contributed by atoms with Crippen LogP contribution in [0.1, 0.15) is 16.2 Å². The highest BCUT2D eigenvalue weighted by Gasteiger charge is 2.16. The van der Waals surface area contributed by atoms with Crippen LogP contribution in [0, 0.1) is 10.1 Å². The van der Waals surface area contributed by atoms with E-state index in [-0.39, 0.29) is 23.8 Å². The summed E-state index contributed by atoms with van der Waals surface area (Å²) in [4.78, 5) is 22.4. The number of amides is 1. The van der Waals surface area contributed by atoms with E-state index in [1.165, 1.54) is 24.5 Å². The number of aromatic nitrogens is 3. The Balaban J connectivity index is 2.12. The second-order valence-corrected chi connectivity index (χ2v) is 4.28. The fourth-order valence-corrected chi connectivity index (χ4v) is 1.77. The molecule has 9 heteroatoms. The molecular formula is C12H14N6O3. The van der Waals surface area contributed by atoms with Gasteiger partial charge in [0.15, 0.2) is 5.82 Å². The molecule has 0 saturated heterocycles. The van der Waals surface area contributed by atoms with Gasteiger partial charge in [-0.25, -0.2) is 0 Å². The second kappa shape index (κ2) is 5.99. The molecule has 0 unspecified atom stereocenters. The number of nitro groups is 1. The van der Waals surface area contributed by atoms with Crippen LogP contribution in [0.25, 0.3) is 0 Å². The van der Waals surface area contributed by atoms with Crippen LogP contribution in [0.2, 0.25) is 0 Å². The number of hydrogen-bond donors (Lipinski definition) is 2. The van der Waals surface area contributed by atoms with Gasteiger partial charge in [0.1, 0.15) is 12.0 Å².